The number of nitrogens with one attached hydrogen (secondary N) is 1. The van der Waals surface area contributed by atoms with Crippen LogP contribution in [0.25, 0.3) is 0 Å². The Morgan fingerprint density at radius 3 is 2.16 bits per heavy atom. The summed E-state index contributed by atoms with van der Waals surface area (Å²) in [5.41, 5.74) is 0.496. The first-order valence-corrected chi connectivity index (χ1v) is 12.3. The number of rotatable bonds is 5. The topological polar surface area (TPSA) is 83.4 Å². The molecule has 2 aliphatic heterocycles. The molecule has 2 fully saturated rings. The Labute approximate surface area is 213 Å². The molecule has 1 aliphatic carbocycles. The Kier molecular flexibility index (Phi) is 6.03. The zero-order chi connectivity index (χ0) is 26.6. The Morgan fingerprint density at radius 2 is 1.62 bits per heavy atom. The first-order chi connectivity index (χ1) is 17.5. The number of alkyl halides is 3. The number of benzene rings is 2. The van der Waals surface area contributed by atoms with E-state index in [2.05, 4.69) is 15.5 Å². The van der Waals surface area contributed by atoms with Gasteiger partial charge in [0.2, 0.25) is 0 Å². The second-order valence-corrected chi connectivity index (χ2v) is 10.5. The molecule has 1 spiro atoms. The van der Waals surface area contributed by atoms with Crippen LogP contribution in [0.4, 0.5) is 13.2 Å². The van der Waals surface area contributed by atoms with Crippen LogP contribution < -0.4 is 10.1 Å². The summed E-state index contributed by atoms with van der Waals surface area (Å²) in [6.07, 6.45) is -1.23. The number of methoxy groups -OCH3 is 1. The lowest BCUT2D eigenvalue weighted by atomic mass is 9.60. The average Bonchev–Trinajstić information content (AvgIpc) is 3.67. The van der Waals surface area contributed by atoms with Crippen LogP contribution in [0.5, 0.6) is 5.75 Å². The number of carbonyl (C=O) groups is 2. The minimum absolute atomic E-state index is 0.0767. The van der Waals surface area contributed by atoms with Gasteiger partial charge in [-0.3, -0.25) is 9.59 Å². The van der Waals surface area contributed by atoms with E-state index in [0.717, 1.165) is 36.8 Å². The van der Waals surface area contributed by atoms with Crippen LogP contribution in [0, 0.1) is 19.3 Å². The monoisotopic (exact) mass is 514 g/mol. The lowest BCUT2D eigenvalue weighted by Gasteiger charge is -2.52. The third kappa shape index (κ3) is 4.46. The number of carbonyl (C=O) groups excluding carboxylic acids is 2. The Balaban J connectivity index is 1.14. The Hall–Kier alpha value is -3.43. The normalized spacial score (nSPS) is 19.9. The summed E-state index contributed by atoms with van der Waals surface area (Å²) in [5, 5.41) is 9.53. The van der Waals surface area contributed by atoms with Gasteiger partial charge in [-0.1, -0.05) is 12.1 Å². The second kappa shape index (κ2) is 8.85. The molecule has 0 unspecified atom stereocenters. The molecular weight excluding hydrogens is 485 g/mol. The van der Waals surface area contributed by atoms with Crippen molar-refractivity contribution in [3.63, 3.8) is 0 Å². The number of halogens is 3. The Morgan fingerprint density at radius 1 is 1.03 bits per heavy atom. The van der Waals surface area contributed by atoms with E-state index in [4.69, 9.17) is 4.74 Å². The fourth-order valence-electron chi connectivity index (χ4n) is 5.55. The SMILES string of the molecule is COc1cc(C)c(C)cc1C(=O)NC1CC2(CCN(C(=O)c3ccc(C4(C(F)(F)F)N=N4)cc3)CC2)C1. The van der Waals surface area contributed by atoms with Crippen LogP contribution >= 0.6 is 0 Å². The lowest BCUT2D eigenvalue weighted by Crippen LogP contribution is -2.55. The van der Waals surface area contributed by atoms with Gasteiger partial charge in [0.1, 0.15) is 5.75 Å². The quantitative estimate of drug-likeness (QED) is 0.587. The smallest absolute Gasteiger partial charge is 0.442 e. The van der Waals surface area contributed by atoms with Crippen LogP contribution in [0.3, 0.4) is 0 Å². The molecule has 10 heteroatoms. The minimum Gasteiger partial charge on any atom is -0.496 e. The lowest BCUT2D eigenvalue weighted by molar-refractivity contribution is -0.166. The number of hydrogen-bond donors (Lipinski definition) is 1. The molecule has 7 nitrogen and oxygen atoms in total. The number of hydrogen-bond acceptors (Lipinski definition) is 5. The van der Waals surface area contributed by atoms with Crippen molar-refractivity contribution in [2.24, 2.45) is 15.6 Å². The summed E-state index contributed by atoms with van der Waals surface area (Å²) >= 11 is 0. The third-order valence-corrected chi connectivity index (χ3v) is 8.10. The molecule has 0 radical (unpaired) electrons. The fourth-order valence-corrected chi connectivity index (χ4v) is 5.55. The average molecular weight is 515 g/mol. The Bertz CT molecular complexity index is 1250. The van der Waals surface area contributed by atoms with Gasteiger partial charge in [0.25, 0.3) is 11.8 Å². The van der Waals surface area contributed by atoms with Crippen molar-refractivity contribution in [1.82, 2.24) is 10.2 Å². The highest BCUT2D eigenvalue weighted by Crippen LogP contribution is 2.52. The molecule has 2 amide bonds. The van der Waals surface area contributed by atoms with Gasteiger partial charge in [-0.05, 0) is 80.3 Å². The van der Waals surface area contributed by atoms with Gasteiger partial charge in [-0.15, -0.1) is 10.2 Å². The summed E-state index contributed by atoms with van der Waals surface area (Å²) in [6.45, 7) is 5.09. The van der Waals surface area contributed by atoms with Gasteiger partial charge >= 0.3 is 11.8 Å². The van der Waals surface area contributed by atoms with Gasteiger partial charge in [0, 0.05) is 30.3 Å². The number of nitrogens with zero attached hydrogens (tertiary/aromatic N) is 3. The molecule has 2 heterocycles. The number of piperidine rings is 1. The second-order valence-electron chi connectivity index (χ2n) is 10.5. The number of aryl methyl sites for hydroxylation is 2. The summed E-state index contributed by atoms with van der Waals surface area (Å²) in [6, 6.07) is 9.17. The molecule has 2 aromatic rings. The van der Waals surface area contributed by atoms with E-state index in [9.17, 15) is 22.8 Å². The van der Waals surface area contributed by atoms with E-state index in [1.54, 1.807) is 12.0 Å². The molecular formula is C27H29F3N4O3. The van der Waals surface area contributed by atoms with Gasteiger partial charge in [0.05, 0.1) is 12.7 Å². The maximum Gasteiger partial charge on any atom is 0.442 e. The molecule has 1 N–H and O–H groups in total. The van der Waals surface area contributed by atoms with E-state index in [-0.39, 0.29) is 28.8 Å². The molecule has 196 valence electrons. The summed E-state index contributed by atoms with van der Waals surface area (Å²) in [4.78, 5) is 27.6. The first-order valence-electron chi connectivity index (χ1n) is 12.3. The third-order valence-electron chi connectivity index (χ3n) is 8.10. The van der Waals surface area contributed by atoms with Crippen molar-refractivity contribution in [3.8, 4) is 5.75 Å². The standard InChI is InChI=1S/C27H29F3N4O3/c1-16-12-21(22(37-3)13-17(16)2)23(35)31-20-14-25(15-20)8-10-34(11-9-25)24(36)18-4-6-19(7-5-18)26(32-33-26)27(28,29)30/h4-7,12-13,20H,8-11,14-15H2,1-3H3,(H,31,35). The van der Waals surface area contributed by atoms with E-state index in [0.29, 0.717) is 30.0 Å². The fraction of sp³-hybridized carbons (Fsp3) is 0.481. The molecule has 0 atom stereocenters. The predicted molar refractivity (Wildman–Crippen MR) is 130 cm³/mol. The summed E-state index contributed by atoms with van der Waals surface area (Å²) < 4.78 is 45.0. The summed E-state index contributed by atoms with van der Waals surface area (Å²) in [5.74, 6) is 0.220. The van der Waals surface area contributed by atoms with E-state index in [1.807, 2.05) is 26.0 Å². The van der Waals surface area contributed by atoms with Gasteiger partial charge in [-0.25, -0.2) is 0 Å². The molecule has 1 saturated heterocycles. The highest BCUT2D eigenvalue weighted by atomic mass is 19.4. The molecule has 5 rings (SSSR count). The van der Waals surface area contributed by atoms with Crippen LogP contribution in [-0.4, -0.2) is 49.1 Å². The van der Waals surface area contributed by atoms with Gasteiger partial charge < -0.3 is 15.0 Å². The van der Waals surface area contributed by atoms with Crippen LogP contribution in [-0.2, 0) is 5.66 Å². The number of amides is 2. The van der Waals surface area contributed by atoms with Crippen molar-refractivity contribution in [2.45, 2.75) is 57.4 Å². The molecule has 0 aromatic heterocycles. The van der Waals surface area contributed by atoms with Crippen LogP contribution in [0.1, 0.15) is 63.1 Å². The van der Waals surface area contributed by atoms with E-state index < -0.39 is 11.8 Å². The zero-order valence-electron chi connectivity index (χ0n) is 21.0. The molecule has 3 aliphatic rings. The predicted octanol–water partition coefficient (Wildman–Crippen LogP) is 5.31. The molecule has 37 heavy (non-hydrogen) atoms. The van der Waals surface area contributed by atoms with Gasteiger partial charge in [0.15, 0.2) is 0 Å². The number of likely N-dealkylation sites (tertiary alicyclic amines) is 1. The summed E-state index contributed by atoms with van der Waals surface area (Å²) in [7, 11) is 1.56. The highest BCUT2D eigenvalue weighted by Gasteiger charge is 2.65. The molecule has 0 bridgehead atoms. The number of ether oxygens (including phenoxy) is 1. The first kappa shape index (κ1) is 25.2. The maximum absolute atomic E-state index is 13.2. The molecule has 1 saturated carbocycles. The molecule has 2 aromatic carbocycles. The van der Waals surface area contributed by atoms with Crippen LogP contribution in [0.2, 0.25) is 0 Å². The van der Waals surface area contributed by atoms with E-state index in [1.165, 1.54) is 24.3 Å². The van der Waals surface area contributed by atoms with Gasteiger partial charge in [-0.2, -0.15) is 13.2 Å². The van der Waals surface area contributed by atoms with Crippen molar-refractivity contribution in [2.75, 3.05) is 20.2 Å². The van der Waals surface area contributed by atoms with E-state index >= 15 is 0 Å². The largest absolute Gasteiger partial charge is 0.496 e. The minimum atomic E-state index is -4.59. The van der Waals surface area contributed by atoms with Crippen molar-refractivity contribution in [1.29, 1.82) is 0 Å². The maximum atomic E-state index is 13.2. The van der Waals surface area contributed by atoms with Crippen molar-refractivity contribution < 1.29 is 27.5 Å². The van der Waals surface area contributed by atoms with Crippen LogP contribution in [0.15, 0.2) is 46.6 Å². The van der Waals surface area contributed by atoms with Crippen molar-refractivity contribution >= 4 is 11.8 Å². The zero-order valence-corrected chi connectivity index (χ0v) is 21.0. The highest BCUT2D eigenvalue weighted by molar-refractivity contribution is 5.97. The van der Waals surface area contributed by atoms with Crippen molar-refractivity contribution in [3.05, 3.63) is 64.2 Å².